The first-order valence-corrected chi connectivity index (χ1v) is 13.1. The highest BCUT2D eigenvalue weighted by molar-refractivity contribution is 7.92. The second-order valence-electron chi connectivity index (χ2n) is 8.22. The van der Waals surface area contributed by atoms with E-state index in [0.29, 0.717) is 5.56 Å². The van der Waals surface area contributed by atoms with E-state index in [9.17, 15) is 23.3 Å². The van der Waals surface area contributed by atoms with Crippen molar-refractivity contribution in [2.24, 2.45) is 5.10 Å². The molecule has 0 aromatic heterocycles. The average molecular weight is 545 g/mol. The third kappa shape index (κ3) is 6.28. The molecule has 0 radical (unpaired) electrons. The number of hydrogen-bond donors (Lipinski definition) is 1. The van der Waals surface area contributed by atoms with E-state index in [0.717, 1.165) is 5.56 Å². The highest BCUT2D eigenvalue weighted by atomic mass is 32.2. The number of nitrogens with one attached hydrogen (secondary N) is 1. The summed E-state index contributed by atoms with van der Waals surface area (Å²) in [6, 6.07) is 27.5. The number of nitro groups is 1. The zero-order valence-electron chi connectivity index (χ0n) is 20.8. The lowest BCUT2D eigenvalue weighted by atomic mass is 10.1. The van der Waals surface area contributed by atoms with E-state index in [1.165, 1.54) is 48.0 Å². The number of nitrogens with zero attached hydrogens (tertiary/aromatic N) is 3. The molecule has 0 aliphatic rings. The number of amides is 1. The number of methoxy groups -OCH3 is 1. The largest absolute Gasteiger partial charge is 0.490 e. The molecule has 0 fully saturated rings. The molecule has 11 heteroatoms. The van der Waals surface area contributed by atoms with E-state index in [-0.39, 0.29) is 34.1 Å². The zero-order chi connectivity index (χ0) is 27.8. The first-order chi connectivity index (χ1) is 18.8. The van der Waals surface area contributed by atoms with Crippen molar-refractivity contribution >= 4 is 33.5 Å². The van der Waals surface area contributed by atoms with Gasteiger partial charge < -0.3 is 4.74 Å². The molecule has 4 aromatic carbocycles. The summed E-state index contributed by atoms with van der Waals surface area (Å²) in [6.07, 6.45) is 1.25. The minimum atomic E-state index is -4.05. The van der Waals surface area contributed by atoms with Gasteiger partial charge in [-0.25, -0.2) is 13.8 Å². The predicted molar refractivity (Wildman–Crippen MR) is 147 cm³/mol. The predicted octanol–water partition coefficient (Wildman–Crippen LogP) is 4.76. The Hall–Kier alpha value is -5.03. The lowest BCUT2D eigenvalue weighted by Crippen LogP contribution is -2.33. The standard InChI is InChI=1S/C28H24N4O6S/c1-38-27-17-16-22(18-26(27)32(34)35)19-29-30-28(33)24-14-8-9-15-25(24)31(20-21-10-4-2-5-11-21)39(36,37)23-12-6-3-7-13-23/h2-19H,20H2,1H3,(H,30,33). The molecule has 39 heavy (non-hydrogen) atoms. The van der Waals surface area contributed by atoms with Crippen molar-refractivity contribution in [2.45, 2.75) is 11.4 Å². The molecule has 0 aliphatic heterocycles. The number of rotatable bonds is 10. The molecular formula is C28H24N4O6S. The number of sulfonamides is 1. The molecule has 0 saturated heterocycles. The number of ether oxygens (including phenoxy) is 1. The van der Waals surface area contributed by atoms with Gasteiger partial charge in [0.2, 0.25) is 0 Å². The molecule has 1 amide bonds. The molecule has 0 unspecified atom stereocenters. The Morgan fingerprint density at radius 3 is 2.28 bits per heavy atom. The van der Waals surface area contributed by atoms with Crippen LogP contribution < -0.4 is 14.5 Å². The second-order valence-corrected chi connectivity index (χ2v) is 10.1. The maximum absolute atomic E-state index is 13.7. The maximum Gasteiger partial charge on any atom is 0.311 e. The summed E-state index contributed by atoms with van der Waals surface area (Å²) in [5.41, 5.74) is 3.46. The van der Waals surface area contributed by atoms with Crippen LogP contribution >= 0.6 is 0 Å². The van der Waals surface area contributed by atoms with Gasteiger partial charge in [-0.05, 0) is 42.0 Å². The fourth-order valence-corrected chi connectivity index (χ4v) is 5.30. The minimum Gasteiger partial charge on any atom is -0.490 e. The Balaban J connectivity index is 1.66. The van der Waals surface area contributed by atoms with Crippen molar-refractivity contribution in [3.63, 3.8) is 0 Å². The smallest absolute Gasteiger partial charge is 0.311 e. The first-order valence-electron chi connectivity index (χ1n) is 11.7. The summed E-state index contributed by atoms with van der Waals surface area (Å²) in [5, 5.41) is 15.2. The molecule has 0 atom stereocenters. The van der Waals surface area contributed by atoms with Crippen molar-refractivity contribution < 1.29 is 22.9 Å². The highest BCUT2D eigenvalue weighted by Crippen LogP contribution is 2.30. The number of para-hydroxylation sites is 1. The van der Waals surface area contributed by atoms with Crippen molar-refractivity contribution in [1.29, 1.82) is 0 Å². The summed E-state index contributed by atoms with van der Waals surface area (Å²) < 4.78 is 33.7. The average Bonchev–Trinajstić information content (AvgIpc) is 2.96. The zero-order valence-corrected chi connectivity index (χ0v) is 21.6. The molecule has 0 saturated carbocycles. The quantitative estimate of drug-likeness (QED) is 0.174. The van der Waals surface area contributed by atoms with Crippen molar-refractivity contribution in [1.82, 2.24) is 5.43 Å². The molecule has 0 bridgehead atoms. The van der Waals surface area contributed by atoms with Crippen LogP contribution in [0, 0.1) is 10.1 Å². The normalized spacial score (nSPS) is 11.2. The van der Waals surface area contributed by atoms with Crippen molar-refractivity contribution in [3.05, 3.63) is 130 Å². The molecule has 0 spiro atoms. The summed E-state index contributed by atoms with van der Waals surface area (Å²) in [4.78, 5) is 23.9. The van der Waals surface area contributed by atoms with Gasteiger partial charge in [0.1, 0.15) is 0 Å². The number of nitro benzene ring substituents is 1. The lowest BCUT2D eigenvalue weighted by Gasteiger charge is -2.26. The first kappa shape index (κ1) is 27.0. The maximum atomic E-state index is 13.7. The summed E-state index contributed by atoms with van der Waals surface area (Å²) in [7, 11) is -2.73. The van der Waals surface area contributed by atoms with Gasteiger partial charge in [0, 0.05) is 11.6 Å². The van der Waals surface area contributed by atoms with Gasteiger partial charge in [-0.1, -0.05) is 60.7 Å². The SMILES string of the molecule is COc1ccc(C=NNC(=O)c2ccccc2N(Cc2ccccc2)S(=O)(=O)c2ccccc2)cc1[N+](=O)[O-]. The lowest BCUT2D eigenvalue weighted by molar-refractivity contribution is -0.385. The van der Waals surface area contributed by atoms with Gasteiger partial charge in [-0.15, -0.1) is 0 Å². The van der Waals surface area contributed by atoms with Gasteiger partial charge in [0.25, 0.3) is 15.9 Å². The fourth-order valence-electron chi connectivity index (χ4n) is 3.81. The topological polar surface area (TPSA) is 131 Å². The third-order valence-electron chi connectivity index (χ3n) is 5.70. The van der Waals surface area contributed by atoms with E-state index in [1.54, 1.807) is 66.7 Å². The Labute approximate surface area is 225 Å². The Bertz CT molecular complexity index is 1610. The van der Waals surface area contributed by atoms with Crippen LogP contribution in [0.15, 0.2) is 113 Å². The van der Waals surface area contributed by atoms with Crippen LogP contribution in [0.4, 0.5) is 11.4 Å². The van der Waals surface area contributed by atoms with Crippen LogP contribution in [0.25, 0.3) is 0 Å². The summed E-state index contributed by atoms with van der Waals surface area (Å²) in [5.74, 6) is -0.570. The third-order valence-corrected chi connectivity index (χ3v) is 7.47. The van der Waals surface area contributed by atoms with Gasteiger partial charge in [0.15, 0.2) is 5.75 Å². The van der Waals surface area contributed by atoms with Crippen LogP contribution in [-0.2, 0) is 16.6 Å². The monoisotopic (exact) mass is 544 g/mol. The van der Waals surface area contributed by atoms with Gasteiger partial charge >= 0.3 is 5.69 Å². The van der Waals surface area contributed by atoms with Crippen LogP contribution in [-0.4, -0.2) is 32.6 Å². The van der Waals surface area contributed by atoms with E-state index >= 15 is 0 Å². The van der Waals surface area contributed by atoms with Crippen LogP contribution in [0.1, 0.15) is 21.5 Å². The second kappa shape index (κ2) is 12.0. The summed E-state index contributed by atoms with van der Waals surface area (Å²) >= 11 is 0. The fraction of sp³-hybridized carbons (Fsp3) is 0.0714. The number of carbonyl (C=O) groups excluding carboxylic acids is 1. The molecule has 1 N–H and O–H groups in total. The van der Waals surface area contributed by atoms with E-state index < -0.39 is 20.9 Å². The Morgan fingerprint density at radius 1 is 0.974 bits per heavy atom. The van der Waals surface area contributed by atoms with Crippen molar-refractivity contribution in [3.8, 4) is 5.75 Å². The minimum absolute atomic E-state index is 0.0128. The number of carbonyl (C=O) groups is 1. The number of anilines is 1. The van der Waals surface area contributed by atoms with E-state index in [4.69, 9.17) is 4.74 Å². The van der Waals surface area contributed by atoms with E-state index in [1.807, 2.05) is 6.07 Å². The number of benzene rings is 4. The van der Waals surface area contributed by atoms with Crippen LogP contribution in [0.3, 0.4) is 0 Å². The molecule has 0 aliphatic carbocycles. The van der Waals surface area contributed by atoms with Gasteiger partial charge in [0.05, 0.1) is 40.9 Å². The Kier molecular flexibility index (Phi) is 8.32. The van der Waals surface area contributed by atoms with Crippen LogP contribution in [0.2, 0.25) is 0 Å². The molecule has 10 nitrogen and oxygen atoms in total. The molecule has 198 valence electrons. The molecule has 4 rings (SSSR count). The van der Waals surface area contributed by atoms with E-state index in [2.05, 4.69) is 10.5 Å². The molecular weight excluding hydrogens is 520 g/mol. The highest BCUT2D eigenvalue weighted by Gasteiger charge is 2.28. The van der Waals surface area contributed by atoms with Crippen LogP contribution in [0.5, 0.6) is 5.75 Å². The van der Waals surface area contributed by atoms with Gasteiger partial charge in [-0.2, -0.15) is 5.10 Å². The number of hydrazone groups is 1. The Morgan fingerprint density at radius 2 is 1.62 bits per heavy atom. The summed E-state index contributed by atoms with van der Waals surface area (Å²) in [6.45, 7) is -0.0128. The van der Waals surface area contributed by atoms with Gasteiger partial charge in [-0.3, -0.25) is 19.2 Å². The number of hydrogen-bond acceptors (Lipinski definition) is 7. The molecule has 4 aromatic rings. The van der Waals surface area contributed by atoms with Crippen molar-refractivity contribution in [2.75, 3.05) is 11.4 Å². The molecule has 0 heterocycles.